The third kappa shape index (κ3) is 3.32. The minimum atomic E-state index is 0.310. The van der Waals surface area contributed by atoms with Crippen molar-refractivity contribution in [3.8, 4) is 11.8 Å². The first-order valence-electron chi connectivity index (χ1n) is 8.34. The van der Waals surface area contributed by atoms with Crippen molar-refractivity contribution in [2.75, 3.05) is 11.9 Å². The van der Waals surface area contributed by atoms with Crippen LogP contribution in [0.3, 0.4) is 0 Å². The van der Waals surface area contributed by atoms with Crippen molar-refractivity contribution in [1.82, 2.24) is 15.0 Å². The molecule has 5 nitrogen and oxygen atoms in total. The van der Waals surface area contributed by atoms with Crippen molar-refractivity contribution in [3.05, 3.63) is 78.8 Å². The molecular formula is C21H18N4O. The summed E-state index contributed by atoms with van der Waals surface area (Å²) in [5.41, 5.74) is 4.21. The van der Waals surface area contributed by atoms with E-state index in [1.165, 1.54) is 5.56 Å². The fourth-order valence-corrected chi connectivity index (χ4v) is 2.67. The third-order valence-electron chi connectivity index (χ3n) is 4.22. The van der Waals surface area contributed by atoms with Gasteiger partial charge in [-0.1, -0.05) is 17.7 Å². The second-order valence-electron chi connectivity index (χ2n) is 6.08. The van der Waals surface area contributed by atoms with Crippen LogP contribution < -0.4 is 9.64 Å². The van der Waals surface area contributed by atoms with Gasteiger partial charge in [0.2, 0.25) is 0 Å². The predicted octanol–water partition coefficient (Wildman–Crippen LogP) is 4.89. The maximum absolute atomic E-state index is 5.77. The van der Waals surface area contributed by atoms with Crippen LogP contribution in [0.25, 0.3) is 10.9 Å². The highest BCUT2D eigenvalue weighted by atomic mass is 16.5. The van der Waals surface area contributed by atoms with Crippen LogP contribution in [0.5, 0.6) is 11.8 Å². The van der Waals surface area contributed by atoms with Crippen LogP contribution in [0.15, 0.2) is 73.2 Å². The summed E-state index contributed by atoms with van der Waals surface area (Å²) in [5, 5.41) is 0.933. The van der Waals surface area contributed by atoms with Crippen LogP contribution in [-0.4, -0.2) is 22.0 Å². The number of aromatic nitrogens is 3. The van der Waals surface area contributed by atoms with Gasteiger partial charge in [0, 0.05) is 36.2 Å². The van der Waals surface area contributed by atoms with E-state index in [9.17, 15) is 0 Å². The monoisotopic (exact) mass is 342 g/mol. The highest BCUT2D eigenvalue weighted by Crippen LogP contribution is 2.27. The zero-order chi connectivity index (χ0) is 17.9. The Kier molecular flexibility index (Phi) is 4.19. The van der Waals surface area contributed by atoms with E-state index in [1.54, 1.807) is 18.6 Å². The van der Waals surface area contributed by atoms with Crippen molar-refractivity contribution in [1.29, 1.82) is 0 Å². The van der Waals surface area contributed by atoms with Crippen LogP contribution in [0.4, 0.5) is 11.4 Å². The van der Waals surface area contributed by atoms with Crippen LogP contribution in [0, 0.1) is 6.92 Å². The molecule has 5 heteroatoms. The van der Waals surface area contributed by atoms with Crippen molar-refractivity contribution in [2.45, 2.75) is 6.92 Å². The lowest BCUT2D eigenvalue weighted by molar-refractivity contribution is 0.444. The van der Waals surface area contributed by atoms with Crippen LogP contribution >= 0.6 is 0 Å². The molecule has 2 aromatic carbocycles. The second kappa shape index (κ2) is 6.80. The Hall–Kier alpha value is -3.47. The van der Waals surface area contributed by atoms with Gasteiger partial charge in [-0.15, -0.1) is 0 Å². The standard InChI is InChI=1S/C21H18N4O/c1-15-3-5-17(6-4-15)25(2)18-7-9-19(10-8-18)26-21-23-13-16-11-12-22-14-20(16)24-21/h3-14H,1-2H3. The number of benzene rings is 2. The van der Waals surface area contributed by atoms with Gasteiger partial charge in [0.1, 0.15) is 5.75 Å². The van der Waals surface area contributed by atoms with Crippen molar-refractivity contribution in [3.63, 3.8) is 0 Å². The van der Waals surface area contributed by atoms with E-state index < -0.39 is 0 Å². The van der Waals surface area contributed by atoms with Crippen molar-refractivity contribution < 1.29 is 4.74 Å². The molecule has 0 amide bonds. The second-order valence-corrected chi connectivity index (χ2v) is 6.08. The van der Waals surface area contributed by atoms with Gasteiger partial charge in [0.15, 0.2) is 0 Å². The van der Waals surface area contributed by atoms with E-state index in [0.29, 0.717) is 11.8 Å². The van der Waals surface area contributed by atoms with E-state index in [1.807, 2.05) is 37.4 Å². The van der Waals surface area contributed by atoms with Gasteiger partial charge >= 0.3 is 6.01 Å². The first kappa shape index (κ1) is 16.0. The SMILES string of the molecule is Cc1ccc(N(C)c2ccc(Oc3ncc4ccncc4n3)cc2)cc1. The number of hydrogen-bond acceptors (Lipinski definition) is 5. The highest BCUT2D eigenvalue weighted by molar-refractivity contribution is 5.76. The summed E-state index contributed by atoms with van der Waals surface area (Å²) < 4.78 is 5.77. The molecule has 2 aromatic heterocycles. The lowest BCUT2D eigenvalue weighted by Crippen LogP contribution is -2.09. The number of ether oxygens (including phenoxy) is 1. The molecule has 0 spiro atoms. The Labute approximate surface area is 151 Å². The molecule has 0 aliphatic heterocycles. The molecule has 2 heterocycles. The molecular weight excluding hydrogens is 324 g/mol. The van der Waals surface area contributed by atoms with E-state index in [-0.39, 0.29) is 0 Å². The molecule has 4 rings (SSSR count). The summed E-state index contributed by atoms with van der Waals surface area (Å²) in [6.45, 7) is 2.08. The number of nitrogens with zero attached hydrogens (tertiary/aromatic N) is 4. The fourth-order valence-electron chi connectivity index (χ4n) is 2.67. The first-order chi connectivity index (χ1) is 12.7. The van der Waals surface area contributed by atoms with E-state index >= 15 is 0 Å². The van der Waals surface area contributed by atoms with E-state index in [0.717, 1.165) is 22.3 Å². The van der Waals surface area contributed by atoms with Crippen LogP contribution in [-0.2, 0) is 0 Å². The normalized spacial score (nSPS) is 10.7. The number of anilines is 2. The number of fused-ring (bicyclic) bond motifs is 1. The molecule has 0 saturated carbocycles. The van der Waals surface area contributed by atoms with Gasteiger partial charge in [-0.05, 0) is 49.4 Å². The van der Waals surface area contributed by atoms with Gasteiger partial charge in [-0.25, -0.2) is 4.98 Å². The quantitative estimate of drug-likeness (QED) is 0.528. The van der Waals surface area contributed by atoms with Crippen molar-refractivity contribution >= 4 is 22.3 Å². The molecule has 0 unspecified atom stereocenters. The molecule has 0 aliphatic carbocycles. The summed E-state index contributed by atoms with van der Waals surface area (Å²) in [6, 6.07) is 18.5. The molecule has 0 atom stereocenters. The smallest absolute Gasteiger partial charge is 0.322 e. The van der Waals surface area contributed by atoms with Crippen LogP contribution in [0.1, 0.15) is 5.56 Å². The Bertz CT molecular complexity index is 1030. The number of aryl methyl sites for hydroxylation is 1. The molecule has 128 valence electrons. The van der Waals surface area contributed by atoms with E-state index in [4.69, 9.17) is 4.74 Å². The number of pyridine rings is 1. The Morgan fingerprint density at radius 3 is 2.27 bits per heavy atom. The maximum Gasteiger partial charge on any atom is 0.322 e. The molecule has 0 radical (unpaired) electrons. The summed E-state index contributed by atoms with van der Waals surface area (Å²) >= 11 is 0. The summed E-state index contributed by atoms with van der Waals surface area (Å²) in [4.78, 5) is 14.8. The topological polar surface area (TPSA) is 51.1 Å². The largest absolute Gasteiger partial charge is 0.424 e. The number of rotatable bonds is 4. The Morgan fingerprint density at radius 2 is 1.54 bits per heavy atom. The molecule has 0 fully saturated rings. The molecule has 0 aliphatic rings. The first-order valence-corrected chi connectivity index (χ1v) is 8.34. The molecule has 0 saturated heterocycles. The lowest BCUT2D eigenvalue weighted by Gasteiger charge is -2.20. The van der Waals surface area contributed by atoms with Crippen molar-refractivity contribution in [2.24, 2.45) is 0 Å². The summed E-state index contributed by atoms with van der Waals surface area (Å²) in [7, 11) is 2.04. The Morgan fingerprint density at radius 1 is 0.846 bits per heavy atom. The Balaban J connectivity index is 1.52. The number of hydrogen-bond donors (Lipinski definition) is 0. The van der Waals surface area contributed by atoms with Gasteiger partial charge in [-0.3, -0.25) is 4.98 Å². The minimum absolute atomic E-state index is 0.310. The van der Waals surface area contributed by atoms with Gasteiger partial charge in [0.05, 0.1) is 11.7 Å². The maximum atomic E-state index is 5.77. The molecule has 0 N–H and O–H groups in total. The van der Waals surface area contributed by atoms with Gasteiger partial charge in [-0.2, -0.15) is 4.98 Å². The molecule has 0 bridgehead atoms. The zero-order valence-electron chi connectivity index (χ0n) is 14.6. The van der Waals surface area contributed by atoms with Crippen LogP contribution in [0.2, 0.25) is 0 Å². The minimum Gasteiger partial charge on any atom is -0.424 e. The highest BCUT2D eigenvalue weighted by Gasteiger charge is 2.06. The summed E-state index contributed by atoms with van der Waals surface area (Å²) in [5.74, 6) is 0.689. The average molecular weight is 342 g/mol. The fraction of sp³-hybridized carbons (Fsp3) is 0.0952. The van der Waals surface area contributed by atoms with Gasteiger partial charge < -0.3 is 9.64 Å². The molecule has 4 aromatic rings. The average Bonchev–Trinajstić information content (AvgIpc) is 2.68. The van der Waals surface area contributed by atoms with Gasteiger partial charge in [0.25, 0.3) is 0 Å². The summed E-state index contributed by atoms with van der Waals surface area (Å²) in [6.07, 6.45) is 5.15. The third-order valence-corrected chi connectivity index (χ3v) is 4.22. The zero-order valence-corrected chi connectivity index (χ0v) is 14.6. The predicted molar refractivity (Wildman–Crippen MR) is 103 cm³/mol. The molecule has 26 heavy (non-hydrogen) atoms. The lowest BCUT2D eigenvalue weighted by atomic mass is 10.2. The van der Waals surface area contributed by atoms with E-state index in [2.05, 4.69) is 51.0 Å².